The Morgan fingerprint density at radius 3 is 1.76 bits per heavy atom. The van der Waals surface area contributed by atoms with Crippen molar-refractivity contribution in [3.63, 3.8) is 0 Å². The van der Waals surface area contributed by atoms with E-state index in [0.29, 0.717) is 31.8 Å². The molecule has 38 heavy (non-hydrogen) atoms. The normalized spacial score (nSPS) is 13.8. The molecule has 2 saturated carbocycles. The van der Waals surface area contributed by atoms with Crippen molar-refractivity contribution in [2.75, 3.05) is 0 Å². The van der Waals surface area contributed by atoms with Crippen molar-refractivity contribution in [2.45, 2.75) is 52.3 Å². The van der Waals surface area contributed by atoms with Crippen molar-refractivity contribution >= 4 is 86.7 Å². The summed E-state index contributed by atoms with van der Waals surface area (Å²) in [6, 6.07) is 3.67. The monoisotopic (exact) mass is 712 g/mol. The van der Waals surface area contributed by atoms with Crippen LogP contribution in [0.4, 0.5) is 0 Å². The zero-order valence-corrected chi connectivity index (χ0v) is 29.4. The third kappa shape index (κ3) is 10.3. The van der Waals surface area contributed by atoms with Gasteiger partial charge in [0.25, 0.3) is 0 Å². The fraction of sp³-hybridized carbons (Fsp3) is 0.250. The molecule has 192 valence electrons. The second-order valence-electron chi connectivity index (χ2n) is 8.01. The zero-order chi connectivity index (χ0) is 26.4. The van der Waals surface area contributed by atoms with Crippen molar-refractivity contribution in [1.29, 1.82) is 0 Å². The Bertz CT molecular complexity index is 1330. The van der Waals surface area contributed by atoms with E-state index in [0.717, 1.165) is 31.2 Å². The first-order valence-electron chi connectivity index (χ1n) is 11.1. The van der Waals surface area contributed by atoms with Crippen LogP contribution in [0.5, 0.6) is 0 Å². The molecule has 6 rings (SSSR count). The van der Waals surface area contributed by atoms with Gasteiger partial charge in [-0.1, -0.05) is 64.2 Å². The number of pyridine rings is 2. The summed E-state index contributed by atoms with van der Waals surface area (Å²) in [7, 11) is 0. The van der Waals surface area contributed by atoms with Crippen LogP contribution in [-0.2, 0) is 12.6 Å². The molecule has 0 aliphatic heterocycles. The van der Waals surface area contributed by atoms with Gasteiger partial charge in [0, 0.05) is 34.1 Å². The summed E-state index contributed by atoms with van der Waals surface area (Å²) >= 11 is 33.1. The number of aromatic nitrogens is 6. The number of nitrogens with zero attached hydrogens (tertiary/aromatic N) is 6. The number of halogens is 5. The van der Waals surface area contributed by atoms with Crippen molar-refractivity contribution in [3.05, 3.63) is 85.7 Å². The van der Waals surface area contributed by atoms with Crippen molar-refractivity contribution in [3.8, 4) is 0 Å². The largest absolute Gasteiger partial charge is 1.00 e. The second kappa shape index (κ2) is 16.1. The van der Waals surface area contributed by atoms with E-state index in [4.69, 9.17) is 59.0 Å². The molecular formula is C24H18BrCl4KN6S2. The van der Waals surface area contributed by atoms with Gasteiger partial charge in [-0.25, -0.2) is 19.9 Å². The Kier molecular flexibility index (Phi) is 13.9. The average Bonchev–Trinajstić information content (AvgIpc) is 3.80. The van der Waals surface area contributed by atoms with Crippen LogP contribution in [0.15, 0.2) is 68.7 Å². The van der Waals surface area contributed by atoms with Crippen molar-refractivity contribution in [2.24, 2.45) is 0 Å². The van der Waals surface area contributed by atoms with Gasteiger partial charge in [0.1, 0.15) is 19.9 Å². The molecule has 14 heteroatoms. The third-order valence-corrected chi connectivity index (χ3v) is 8.23. The van der Waals surface area contributed by atoms with E-state index < -0.39 is 0 Å². The summed E-state index contributed by atoms with van der Waals surface area (Å²) in [5.41, 5.74) is 2.00. The van der Waals surface area contributed by atoms with E-state index in [1.165, 1.54) is 49.8 Å². The Labute approximate surface area is 301 Å². The molecule has 4 aromatic rings. The van der Waals surface area contributed by atoms with Crippen molar-refractivity contribution < 1.29 is 51.4 Å². The Morgan fingerprint density at radius 1 is 0.711 bits per heavy atom. The Hall–Kier alpha value is 0.306. The van der Waals surface area contributed by atoms with Gasteiger partial charge >= 0.3 is 51.4 Å². The van der Waals surface area contributed by atoms with Gasteiger partial charge in [0.15, 0.2) is 0 Å². The summed E-state index contributed by atoms with van der Waals surface area (Å²) in [6.45, 7) is 0. The second-order valence-corrected chi connectivity index (χ2v) is 11.9. The SMILES string of the molecule is Clc1cnc(Br)cn1.Clc1cnc(Sc2ccnc(C3CC3)c2Cl)cn1.[K+].[S-]c1ccnc(C2CC2)c1Cl. The fourth-order valence-corrected chi connectivity index (χ4v) is 4.98. The van der Waals surface area contributed by atoms with Gasteiger partial charge in [-0.2, -0.15) is 4.90 Å². The minimum absolute atomic E-state index is 0. The summed E-state index contributed by atoms with van der Waals surface area (Å²) < 4.78 is 0.696. The molecule has 0 amide bonds. The van der Waals surface area contributed by atoms with E-state index >= 15 is 0 Å². The maximum atomic E-state index is 6.37. The van der Waals surface area contributed by atoms with Crippen LogP contribution in [-0.4, -0.2) is 29.9 Å². The van der Waals surface area contributed by atoms with Gasteiger partial charge < -0.3 is 12.6 Å². The smallest absolute Gasteiger partial charge is 0.778 e. The van der Waals surface area contributed by atoms with Gasteiger partial charge in [-0.05, 0) is 47.7 Å². The fourth-order valence-electron chi connectivity index (χ4n) is 3.01. The molecular weight excluding hydrogens is 697 g/mol. The maximum absolute atomic E-state index is 6.37. The predicted octanol–water partition coefficient (Wildman–Crippen LogP) is 5.62. The van der Waals surface area contributed by atoms with Crippen LogP contribution in [0.2, 0.25) is 20.4 Å². The molecule has 0 spiro atoms. The van der Waals surface area contributed by atoms with Crippen LogP contribution in [0.3, 0.4) is 0 Å². The van der Waals surface area contributed by atoms with E-state index in [-0.39, 0.29) is 51.4 Å². The molecule has 0 saturated heterocycles. The van der Waals surface area contributed by atoms with E-state index in [1.807, 2.05) is 6.07 Å². The summed E-state index contributed by atoms with van der Waals surface area (Å²) in [5.74, 6) is 1.12. The standard InChI is InChI=1S/C12H9Cl2N3S.C8H8ClNS.C4H2BrClN2.K/c13-9-5-17-10(6-16-9)18-8-3-4-15-12(11(8)14)7-1-2-7;9-7-6(11)3-4-10-8(7)5-1-2-5;5-3-1-8-4(6)2-7-3;/h3-7H,1-2H2;3-5H,1-2H2,(H,10,11);1-2H;/q;;;+1/p-1. The molecule has 6 nitrogen and oxygen atoms in total. The molecule has 0 bridgehead atoms. The summed E-state index contributed by atoms with van der Waals surface area (Å²) in [4.78, 5) is 26.0. The molecule has 0 aromatic carbocycles. The Morgan fingerprint density at radius 2 is 1.26 bits per heavy atom. The molecule has 0 unspecified atom stereocenters. The van der Waals surface area contributed by atoms with E-state index in [1.54, 1.807) is 30.9 Å². The maximum Gasteiger partial charge on any atom is 1.00 e. The molecule has 2 aliphatic carbocycles. The predicted molar refractivity (Wildman–Crippen MR) is 154 cm³/mol. The van der Waals surface area contributed by atoms with Crippen LogP contribution in [0, 0.1) is 0 Å². The minimum Gasteiger partial charge on any atom is -0.778 e. The topological polar surface area (TPSA) is 77.3 Å². The summed E-state index contributed by atoms with van der Waals surface area (Å²) in [6.07, 6.45) is 14.5. The van der Waals surface area contributed by atoms with Crippen LogP contribution in [0.25, 0.3) is 0 Å². The van der Waals surface area contributed by atoms with Gasteiger partial charge in [0.05, 0.1) is 41.2 Å². The molecule has 0 N–H and O–H groups in total. The molecule has 2 aliphatic rings. The van der Waals surface area contributed by atoms with Crippen LogP contribution < -0.4 is 51.4 Å². The molecule has 0 atom stereocenters. The number of hydrogen-bond acceptors (Lipinski definition) is 8. The Balaban J connectivity index is 0.000000171. The average molecular weight is 715 g/mol. The van der Waals surface area contributed by atoms with Crippen LogP contribution >= 0.6 is 74.1 Å². The van der Waals surface area contributed by atoms with Gasteiger partial charge in [-0.15, -0.1) is 0 Å². The van der Waals surface area contributed by atoms with Gasteiger partial charge in [0.2, 0.25) is 0 Å². The molecule has 2 fully saturated rings. The van der Waals surface area contributed by atoms with Crippen molar-refractivity contribution in [1.82, 2.24) is 29.9 Å². The molecule has 0 radical (unpaired) electrons. The van der Waals surface area contributed by atoms with E-state index in [2.05, 4.69) is 45.8 Å². The third-order valence-electron chi connectivity index (χ3n) is 5.09. The molecule has 4 aromatic heterocycles. The minimum atomic E-state index is 0. The molecule has 4 heterocycles. The van der Waals surface area contributed by atoms with Crippen LogP contribution in [0.1, 0.15) is 48.9 Å². The zero-order valence-electron chi connectivity index (χ0n) is 20.0. The van der Waals surface area contributed by atoms with E-state index in [9.17, 15) is 0 Å². The van der Waals surface area contributed by atoms with Gasteiger partial charge in [-0.3, -0.25) is 9.97 Å². The summed E-state index contributed by atoms with van der Waals surface area (Å²) in [5, 5.41) is 2.99. The quantitative estimate of drug-likeness (QED) is 0.199. The first-order chi connectivity index (χ1) is 17.8. The first kappa shape index (κ1) is 32.8. The number of rotatable bonds is 4. The first-order valence-corrected chi connectivity index (χ1v) is 14.6. The number of hydrogen-bond donors (Lipinski definition) is 0.